The van der Waals surface area contributed by atoms with Crippen LogP contribution in [0.1, 0.15) is 48.8 Å². The Balaban J connectivity index is 1.36. The number of fused-ring (bicyclic) bond motifs is 1. The number of rotatable bonds is 7. The van der Waals surface area contributed by atoms with Crippen molar-refractivity contribution in [3.05, 3.63) is 65.0 Å². The monoisotopic (exact) mass is 405 g/mol. The van der Waals surface area contributed by atoms with Crippen LogP contribution in [0.25, 0.3) is 11.4 Å². The molecule has 6 heteroatoms. The van der Waals surface area contributed by atoms with Crippen LogP contribution in [0.5, 0.6) is 5.75 Å². The zero-order valence-electron chi connectivity index (χ0n) is 17.5. The number of aromatic nitrogens is 2. The lowest BCUT2D eigenvalue weighted by atomic mass is 9.92. The molecule has 0 aliphatic heterocycles. The normalized spacial score (nSPS) is 14.1. The van der Waals surface area contributed by atoms with Crippen molar-refractivity contribution in [3.8, 4) is 17.1 Å². The van der Waals surface area contributed by atoms with E-state index in [4.69, 9.17) is 9.26 Å². The van der Waals surface area contributed by atoms with Gasteiger partial charge in [0.05, 0.1) is 6.54 Å². The lowest BCUT2D eigenvalue weighted by molar-refractivity contribution is -0.128. The van der Waals surface area contributed by atoms with E-state index < -0.39 is 6.10 Å². The Labute approximate surface area is 176 Å². The molecule has 1 amide bonds. The Morgan fingerprint density at radius 3 is 2.80 bits per heavy atom. The van der Waals surface area contributed by atoms with E-state index in [1.54, 1.807) is 0 Å². The van der Waals surface area contributed by atoms with Gasteiger partial charge < -0.3 is 14.6 Å². The second kappa shape index (κ2) is 9.11. The summed E-state index contributed by atoms with van der Waals surface area (Å²) in [5.74, 6) is 1.44. The SMILES string of the molecule is CC[C@H](Oc1ccc2c(c1)CCCC2)C(=O)NCc1nc(-c2cccc(C)c2)no1. The summed E-state index contributed by atoms with van der Waals surface area (Å²) < 4.78 is 11.3. The van der Waals surface area contributed by atoms with Crippen LogP contribution in [0.2, 0.25) is 0 Å². The molecule has 1 N–H and O–H groups in total. The Hall–Kier alpha value is -3.15. The van der Waals surface area contributed by atoms with Gasteiger partial charge in [0.2, 0.25) is 11.7 Å². The number of carbonyl (C=O) groups is 1. The van der Waals surface area contributed by atoms with Gasteiger partial charge in [-0.3, -0.25) is 4.79 Å². The van der Waals surface area contributed by atoms with Crippen LogP contribution in [0.4, 0.5) is 0 Å². The maximum atomic E-state index is 12.6. The third-order valence-corrected chi connectivity index (χ3v) is 5.42. The standard InChI is InChI=1S/C24H27N3O3/c1-3-21(29-20-12-11-17-8-4-5-9-18(17)14-20)24(28)25-15-22-26-23(27-30-22)19-10-6-7-16(2)13-19/h6-7,10-14,21H,3-5,8-9,15H2,1-2H3,(H,25,28)/t21-/m0/s1. The van der Waals surface area contributed by atoms with Crippen LogP contribution in [0, 0.1) is 6.92 Å². The van der Waals surface area contributed by atoms with E-state index in [1.165, 1.54) is 24.0 Å². The molecule has 0 spiro atoms. The van der Waals surface area contributed by atoms with Crippen molar-refractivity contribution in [2.24, 2.45) is 0 Å². The number of carbonyl (C=O) groups excluding carboxylic acids is 1. The highest BCUT2D eigenvalue weighted by molar-refractivity contribution is 5.81. The lowest BCUT2D eigenvalue weighted by Gasteiger charge is -2.20. The van der Waals surface area contributed by atoms with Crippen LogP contribution < -0.4 is 10.1 Å². The molecule has 1 aliphatic rings. The molecule has 1 aromatic heterocycles. The van der Waals surface area contributed by atoms with Gasteiger partial charge >= 0.3 is 0 Å². The minimum absolute atomic E-state index is 0.168. The number of nitrogens with one attached hydrogen (secondary N) is 1. The second-order valence-electron chi connectivity index (χ2n) is 7.75. The highest BCUT2D eigenvalue weighted by Gasteiger charge is 2.20. The van der Waals surface area contributed by atoms with Gasteiger partial charge in [-0.1, -0.05) is 41.9 Å². The Morgan fingerprint density at radius 2 is 2.00 bits per heavy atom. The maximum Gasteiger partial charge on any atom is 0.261 e. The van der Waals surface area contributed by atoms with Gasteiger partial charge in [0.15, 0.2) is 6.10 Å². The topological polar surface area (TPSA) is 77.2 Å². The molecule has 30 heavy (non-hydrogen) atoms. The number of ether oxygens (including phenoxy) is 1. The van der Waals surface area contributed by atoms with Gasteiger partial charge in [0.25, 0.3) is 5.91 Å². The molecular weight excluding hydrogens is 378 g/mol. The van der Waals surface area contributed by atoms with Gasteiger partial charge in [-0.15, -0.1) is 0 Å². The number of amides is 1. The highest BCUT2D eigenvalue weighted by atomic mass is 16.5. The van der Waals surface area contributed by atoms with Crippen molar-refractivity contribution >= 4 is 5.91 Å². The first-order valence-electron chi connectivity index (χ1n) is 10.6. The van der Waals surface area contributed by atoms with Gasteiger partial charge in [-0.05, 0) is 68.4 Å². The van der Waals surface area contributed by atoms with Crippen LogP contribution in [-0.2, 0) is 24.2 Å². The minimum Gasteiger partial charge on any atom is -0.481 e. The van der Waals surface area contributed by atoms with Crippen molar-refractivity contribution in [1.82, 2.24) is 15.5 Å². The largest absolute Gasteiger partial charge is 0.481 e. The summed E-state index contributed by atoms with van der Waals surface area (Å²) in [5.41, 5.74) is 4.74. The zero-order valence-corrected chi connectivity index (χ0v) is 17.5. The summed E-state index contributed by atoms with van der Waals surface area (Å²) in [4.78, 5) is 17.0. The molecule has 2 aromatic carbocycles. The first-order chi connectivity index (χ1) is 14.6. The molecule has 0 radical (unpaired) electrons. The number of aryl methyl sites for hydroxylation is 3. The summed E-state index contributed by atoms with van der Waals surface area (Å²) in [6, 6.07) is 14.1. The fraction of sp³-hybridized carbons (Fsp3) is 0.375. The van der Waals surface area contributed by atoms with E-state index in [0.29, 0.717) is 18.1 Å². The molecule has 1 atom stereocenters. The summed E-state index contributed by atoms with van der Waals surface area (Å²) in [6.07, 6.45) is 4.67. The quantitative estimate of drug-likeness (QED) is 0.630. The zero-order chi connectivity index (χ0) is 20.9. The van der Waals surface area contributed by atoms with Crippen LogP contribution >= 0.6 is 0 Å². The predicted molar refractivity (Wildman–Crippen MR) is 114 cm³/mol. The van der Waals surface area contributed by atoms with Crippen molar-refractivity contribution in [3.63, 3.8) is 0 Å². The smallest absolute Gasteiger partial charge is 0.261 e. The third kappa shape index (κ3) is 4.70. The van der Waals surface area contributed by atoms with Crippen LogP contribution in [0.3, 0.4) is 0 Å². The van der Waals surface area contributed by atoms with Gasteiger partial charge in [0, 0.05) is 5.56 Å². The molecule has 0 unspecified atom stereocenters. The Kier molecular flexibility index (Phi) is 6.12. The minimum atomic E-state index is -0.564. The summed E-state index contributed by atoms with van der Waals surface area (Å²) in [6.45, 7) is 4.12. The predicted octanol–water partition coefficient (Wildman–Crippen LogP) is 4.40. The number of nitrogens with zero attached hydrogens (tertiary/aromatic N) is 2. The summed E-state index contributed by atoms with van der Waals surface area (Å²) in [7, 11) is 0. The summed E-state index contributed by atoms with van der Waals surface area (Å²) >= 11 is 0. The summed E-state index contributed by atoms with van der Waals surface area (Å²) in [5, 5.41) is 6.86. The molecular formula is C24H27N3O3. The highest BCUT2D eigenvalue weighted by Crippen LogP contribution is 2.26. The number of hydrogen-bond acceptors (Lipinski definition) is 5. The van der Waals surface area contributed by atoms with Gasteiger partial charge in [-0.25, -0.2) is 0 Å². The average Bonchev–Trinajstić information content (AvgIpc) is 3.25. The van der Waals surface area contributed by atoms with Crippen LogP contribution in [-0.4, -0.2) is 22.2 Å². The molecule has 0 fully saturated rings. The average molecular weight is 405 g/mol. The number of benzene rings is 2. The van der Waals surface area contributed by atoms with E-state index in [0.717, 1.165) is 29.7 Å². The van der Waals surface area contributed by atoms with Crippen LogP contribution in [0.15, 0.2) is 47.0 Å². The van der Waals surface area contributed by atoms with E-state index in [9.17, 15) is 4.79 Å². The van der Waals surface area contributed by atoms with Crippen molar-refractivity contribution in [2.45, 2.75) is 58.6 Å². The Morgan fingerprint density at radius 1 is 1.17 bits per heavy atom. The lowest BCUT2D eigenvalue weighted by Crippen LogP contribution is -2.37. The Bertz CT molecular complexity index is 1030. The molecule has 1 aliphatic carbocycles. The van der Waals surface area contributed by atoms with Crippen molar-refractivity contribution < 1.29 is 14.1 Å². The molecule has 0 saturated carbocycles. The molecule has 6 nitrogen and oxygen atoms in total. The fourth-order valence-corrected chi connectivity index (χ4v) is 3.77. The van der Waals surface area contributed by atoms with Gasteiger partial charge in [-0.2, -0.15) is 4.98 Å². The molecule has 0 bridgehead atoms. The molecule has 156 valence electrons. The van der Waals surface area contributed by atoms with Crippen molar-refractivity contribution in [2.75, 3.05) is 0 Å². The molecule has 1 heterocycles. The van der Waals surface area contributed by atoms with E-state index in [1.807, 2.05) is 44.2 Å². The maximum absolute atomic E-state index is 12.6. The molecule has 0 saturated heterocycles. The third-order valence-electron chi connectivity index (χ3n) is 5.42. The first-order valence-corrected chi connectivity index (χ1v) is 10.6. The molecule has 4 rings (SSSR count). The second-order valence-corrected chi connectivity index (χ2v) is 7.75. The van der Waals surface area contributed by atoms with E-state index in [-0.39, 0.29) is 12.5 Å². The van der Waals surface area contributed by atoms with Gasteiger partial charge in [0.1, 0.15) is 5.75 Å². The van der Waals surface area contributed by atoms with E-state index >= 15 is 0 Å². The number of hydrogen-bond donors (Lipinski definition) is 1. The fourth-order valence-electron chi connectivity index (χ4n) is 3.77. The van der Waals surface area contributed by atoms with E-state index in [2.05, 4.69) is 27.6 Å². The van der Waals surface area contributed by atoms with Crippen molar-refractivity contribution in [1.29, 1.82) is 0 Å². The molecule has 3 aromatic rings. The first kappa shape index (κ1) is 20.1.